The van der Waals surface area contributed by atoms with E-state index in [4.69, 9.17) is 21.1 Å². The van der Waals surface area contributed by atoms with Crippen LogP contribution >= 0.6 is 11.6 Å². The first kappa shape index (κ1) is 19.0. The average Bonchev–Trinajstić information content (AvgIpc) is 3.10. The zero-order valence-corrected chi connectivity index (χ0v) is 15.7. The predicted molar refractivity (Wildman–Crippen MR) is 103 cm³/mol. The van der Waals surface area contributed by atoms with Gasteiger partial charge in [-0.1, -0.05) is 11.6 Å². The van der Waals surface area contributed by atoms with E-state index in [1.165, 1.54) is 0 Å². The molecule has 1 aliphatic heterocycles. The van der Waals surface area contributed by atoms with Crippen LogP contribution in [0.4, 0.5) is 11.4 Å². The van der Waals surface area contributed by atoms with Gasteiger partial charge in [-0.2, -0.15) is 0 Å². The molecule has 2 aromatic rings. The molecule has 0 aromatic heterocycles. The van der Waals surface area contributed by atoms with E-state index in [0.29, 0.717) is 27.9 Å². The SMILES string of the molecule is C[C@@H](C(=O)Nc1ccc2c(c1)OCO2)N(C)CC(=O)Nc1ccc(Cl)cc1. The Hall–Kier alpha value is -2.77. The summed E-state index contributed by atoms with van der Waals surface area (Å²) in [6, 6.07) is 11.5. The molecule has 0 saturated heterocycles. The van der Waals surface area contributed by atoms with Gasteiger partial charge in [-0.3, -0.25) is 14.5 Å². The highest BCUT2D eigenvalue weighted by Gasteiger charge is 2.21. The highest BCUT2D eigenvalue weighted by molar-refractivity contribution is 6.30. The Morgan fingerprint density at radius 2 is 1.74 bits per heavy atom. The molecule has 0 spiro atoms. The van der Waals surface area contributed by atoms with Crippen LogP contribution in [-0.4, -0.2) is 43.1 Å². The number of likely N-dealkylation sites (N-methyl/N-ethyl adjacent to an activating group) is 1. The fourth-order valence-corrected chi connectivity index (χ4v) is 2.64. The van der Waals surface area contributed by atoms with Gasteiger partial charge < -0.3 is 20.1 Å². The molecule has 0 saturated carbocycles. The lowest BCUT2D eigenvalue weighted by atomic mass is 10.2. The number of hydrogen-bond donors (Lipinski definition) is 2. The van der Waals surface area contributed by atoms with Crippen molar-refractivity contribution in [2.45, 2.75) is 13.0 Å². The number of carbonyl (C=O) groups is 2. The van der Waals surface area contributed by atoms with Crippen molar-refractivity contribution in [3.63, 3.8) is 0 Å². The normalized spacial score (nSPS) is 13.3. The molecule has 1 heterocycles. The van der Waals surface area contributed by atoms with Crippen LogP contribution in [0.25, 0.3) is 0 Å². The third-order valence-electron chi connectivity index (χ3n) is 4.20. The average molecular weight is 390 g/mol. The molecule has 27 heavy (non-hydrogen) atoms. The Balaban J connectivity index is 1.52. The van der Waals surface area contributed by atoms with E-state index >= 15 is 0 Å². The molecule has 0 bridgehead atoms. The monoisotopic (exact) mass is 389 g/mol. The first-order chi connectivity index (χ1) is 12.9. The van der Waals surface area contributed by atoms with Crippen LogP contribution in [-0.2, 0) is 9.59 Å². The largest absolute Gasteiger partial charge is 0.454 e. The summed E-state index contributed by atoms with van der Waals surface area (Å²) in [6.07, 6.45) is 0. The van der Waals surface area contributed by atoms with Gasteiger partial charge in [-0.05, 0) is 50.4 Å². The second-order valence-electron chi connectivity index (χ2n) is 6.20. The number of carbonyl (C=O) groups excluding carboxylic acids is 2. The number of rotatable bonds is 6. The van der Waals surface area contributed by atoms with Crippen LogP contribution in [0.2, 0.25) is 5.02 Å². The summed E-state index contributed by atoms with van der Waals surface area (Å²) in [5, 5.41) is 6.19. The Morgan fingerprint density at radius 3 is 2.48 bits per heavy atom. The molecule has 7 nitrogen and oxygen atoms in total. The number of hydrogen-bond acceptors (Lipinski definition) is 5. The number of ether oxygens (including phenoxy) is 2. The maximum atomic E-state index is 12.5. The third-order valence-corrected chi connectivity index (χ3v) is 4.45. The number of nitrogens with one attached hydrogen (secondary N) is 2. The maximum absolute atomic E-state index is 12.5. The minimum absolute atomic E-state index is 0.0678. The first-order valence-corrected chi connectivity index (χ1v) is 8.76. The molecule has 0 aliphatic carbocycles. The van der Waals surface area contributed by atoms with Gasteiger partial charge in [0.2, 0.25) is 18.6 Å². The van der Waals surface area contributed by atoms with E-state index in [2.05, 4.69) is 10.6 Å². The molecule has 0 radical (unpaired) electrons. The van der Waals surface area contributed by atoms with E-state index in [9.17, 15) is 9.59 Å². The van der Waals surface area contributed by atoms with Crippen LogP contribution in [0.5, 0.6) is 11.5 Å². The van der Waals surface area contributed by atoms with Crippen LogP contribution in [0.3, 0.4) is 0 Å². The van der Waals surface area contributed by atoms with Crippen molar-refractivity contribution < 1.29 is 19.1 Å². The van der Waals surface area contributed by atoms with Crippen LogP contribution in [0.15, 0.2) is 42.5 Å². The molecular weight excluding hydrogens is 370 g/mol. The van der Waals surface area contributed by atoms with Crippen molar-refractivity contribution in [2.24, 2.45) is 0 Å². The third kappa shape index (κ3) is 4.90. The molecule has 8 heteroatoms. The zero-order valence-electron chi connectivity index (χ0n) is 15.0. The Morgan fingerprint density at radius 1 is 1.07 bits per heavy atom. The lowest BCUT2D eigenvalue weighted by molar-refractivity contribution is -0.122. The molecular formula is C19H20ClN3O4. The molecule has 1 aliphatic rings. The van der Waals surface area contributed by atoms with Gasteiger partial charge in [0.1, 0.15) is 0 Å². The molecule has 0 fully saturated rings. The lowest BCUT2D eigenvalue weighted by Crippen LogP contribution is -2.43. The summed E-state index contributed by atoms with van der Waals surface area (Å²) in [6.45, 7) is 1.98. The fourth-order valence-electron chi connectivity index (χ4n) is 2.52. The predicted octanol–water partition coefficient (Wildman–Crippen LogP) is 2.97. The number of halogens is 1. The Kier molecular flexibility index (Phi) is 5.83. The second kappa shape index (κ2) is 8.28. The Labute approximate surface area is 162 Å². The summed E-state index contributed by atoms with van der Waals surface area (Å²) in [7, 11) is 1.71. The fraction of sp³-hybridized carbons (Fsp3) is 0.263. The van der Waals surface area contributed by atoms with E-state index in [0.717, 1.165) is 0 Å². The van der Waals surface area contributed by atoms with Crippen molar-refractivity contribution >= 4 is 34.8 Å². The van der Waals surface area contributed by atoms with Gasteiger partial charge in [0.15, 0.2) is 11.5 Å². The highest BCUT2D eigenvalue weighted by Crippen LogP contribution is 2.34. The molecule has 2 aromatic carbocycles. The van der Waals surface area contributed by atoms with Crippen LogP contribution in [0.1, 0.15) is 6.92 Å². The molecule has 2 N–H and O–H groups in total. The minimum Gasteiger partial charge on any atom is -0.454 e. The minimum atomic E-state index is -0.508. The number of nitrogens with zero attached hydrogens (tertiary/aromatic N) is 1. The number of amides is 2. The van der Waals surface area contributed by atoms with Gasteiger partial charge in [0.25, 0.3) is 0 Å². The van der Waals surface area contributed by atoms with Gasteiger partial charge in [-0.15, -0.1) is 0 Å². The van der Waals surface area contributed by atoms with Gasteiger partial charge in [-0.25, -0.2) is 0 Å². The van der Waals surface area contributed by atoms with Crippen molar-refractivity contribution in [1.29, 1.82) is 0 Å². The number of anilines is 2. The van der Waals surface area contributed by atoms with E-state index in [1.807, 2.05) is 0 Å². The van der Waals surface area contributed by atoms with E-state index in [1.54, 1.807) is 61.3 Å². The van der Waals surface area contributed by atoms with Gasteiger partial charge in [0.05, 0.1) is 12.6 Å². The van der Waals surface area contributed by atoms with Crippen LogP contribution < -0.4 is 20.1 Å². The summed E-state index contributed by atoms with van der Waals surface area (Å²) < 4.78 is 10.5. The summed E-state index contributed by atoms with van der Waals surface area (Å²) in [5.41, 5.74) is 1.25. The van der Waals surface area contributed by atoms with Gasteiger partial charge in [0, 0.05) is 22.5 Å². The summed E-state index contributed by atoms with van der Waals surface area (Å²) >= 11 is 5.83. The smallest absolute Gasteiger partial charge is 0.241 e. The molecule has 0 unspecified atom stereocenters. The first-order valence-electron chi connectivity index (χ1n) is 8.38. The standard InChI is InChI=1S/C19H20ClN3O4/c1-12(19(25)22-15-7-8-16-17(9-15)27-11-26-16)23(2)10-18(24)21-14-5-3-13(20)4-6-14/h3-9,12H,10-11H2,1-2H3,(H,21,24)(H,22,25)/t12-/m0/s1. The number of benzene rings is 2. The topological polar surface area (TPSA) is 79.9 Å². The summed E-state index contributed by atoms with van der Waals surface area (Å²) in [4.78, 5) is 26.3. The number of fused-ring (bicyclic) bond motifs is 1. The second-order valence-corrected chi connectivity index (χ2v) is 6.64. The van der Waals surface area contributed by atoms with Crippen molar-refractivity contribution in [1.82, 2.24) is 4.90 Å². The quantitative estimate of drug-likeness (QED) is 0.794. The molecule has 142 valence electrons. The van der Waals surface area contributed by atoms with E-state index in [-0.39, 0.29) is 25.2 Å². The molecule has 3 rings (SSSR count). The zero-order chi connectivity index (χ0) is 19.4. The van der Waals surface area contributed by atoms with Crippen molar-refractivity contribution in [3.05, 3.63) is 47.5 Å². The Bertz CT molecular complexity index is 841. The molecule has 1 atom stereocenters. The summed E-state index contributed by atoms with van der Waals surface area (Å²) in [5.74, 6) is 0.798. The maximum Gasteiger partial charge on any atom is 0.241 e. The molecule has 2 amide bonds. The van der Waals surface area contributed by atoms with Crippen molar-refractivity contribution in [3.8, 4) is 11.5 Å². The lowest BCUT2D eigenvalue weighted by Gasteiger charge is -2.23. The van der Waals surface area contributed by atoms with Gasteiger partial charge >= 0.3 is 0 Å². The van der Waals surface area contributed by atoms with Crippen molar-refractivity contribution in [2.75, 3.05) is 31.0 Å². The highest BCUT2D eigenvalue weighted by atomic mass is 35.5. The van der Waals surface area contributed by atoms with E-state index < -0.39 is 6.04 Å². The van der Waals surface area contributed by atoms with Crippen LogP contribution in [0, 0.1) is 0 Å².